The summed E-state index contributed by atoms with van der Waals surface area (Å²) in [5.74, 6) is -0.441. The average Bonchev–Trinajstić information content (AvgIpc) is 2.34. The molecular formula is C13H13BrF2N2. The van der Waals surface area contributed by atoms with Gasteiger partial charge in [0.25, 0.3) is 0 Å². The molecule has 0 atom stereocenters. The lowest BCUT2D eigenvalue weighted by Gasteiger charge is -2.14. The summed E-state index contributed by atoms with van der Waals surface area (Å²) in [6, 6.07) is 2.61. The number of rotatable bonds is 2. The second-order valence-corrected chi connectivity index (χ2v) is 5.17. The Balaban J connectivity index is 2.87. The van der Waals surface area contributed by atoms with Crippen LogP contribution in [0.5, 0.6) is 0 Å². The number of fused-ring (bicyclic) bond motifs is 1. The largest absolute Gasteiger partial charge is 0.373 e. The van der Waals surface area contributed by atoms with E-state index in [1.807, 2.05) is 13.8 Å². The Morgan fingerprint density at radius 1 is 1.22 bits per heavy atom. The van der Waals surface area contributed by atoms with Crippen LogP contribution in [0.25, 0.3) is 10.9 Å². The van der Waals surface area contributed by atoms with E-state index in [2.05, 4.69) is 26.2 Å². The van der Waals surface area contributed by atoms with Gasteiger partial charge in [-0.05, 0) is 33.5 Å². The first kappa shape index (κ1) is 13.2. The first-order valence-corrected chi connectivity index (χ1v) is 6.41. The monoisotopic (exact) mass is 314 g/mol. The topological polar surface area (TPSA) is 24.9 Å². The van der Waals surface area contributed by atoms with Crippen molar-refractivity contribution < 1.29 is 8.78 Å². The van der Waals surface area contributed by atoms with Gasteiger partial charge in [0, 0.05) is 18.5 Å². The molecule has 1 aromatic heterocycles. The van der Waals surface area contributed by atoms with Crippen molar-refractivity contribution in [1.82, 2.24) is 4.98 Å². The molecule has 0 fully saturated rings. The number of pyridine rings is 1. The fourth-order valence-electron chi connectivity index (χ4n) is 1.89. The number of hydrogen-bond donors (Lipinski definition) is 1. The van der Waals surface area contributed by atoms with Gasteiger partial charge in [0.2, 0.25) is 0 Å². The van der Waals surface area contributed by atoms with Crippen molar-refractivity contribution in [1.29, 1.82) is 0 Å². The number of nitrogens with zero attached hydrogens (tertiary/aromatic N) is 1. The normalized spacial score (nSPS) is 11.3. The highest BCUT2D eigenvalue weighted by atomic mass is 79.9. The Hall–Kier alpha value is -1.23. The lowest BCUT2D eigenvalue weighted by atomic mass is 10.0. The van der Waals surface area contributed by atoms with E-state index < -0.39 is 11.6 Å². The SMILES string of the molecule is CNc1nc2c(F)cc(F)c(Br)c2cc1C(C)C. The zero-order valence-electron chi connectivity index (χ0n) is 10.3. The van der Waals surface area contributed by atoms with Crippen LogP contribution in [-0.4, -0.2) is 12.0 Å². The molecule has 0 amide bonds. The van der Waals surface area contributed by atoms with E-state index in [0.29, 0.717) is 11.2 Å². The molecule has 2 rings (SSSR count). The smallest absolute Gasteiger partial charge is 0.152 e. The molecule has 0 aliphatic heterocycles. The Kier molecular flexibility index (Phi) is 3.52. The molecule has 1 aromatic carbocycles. The number of benzene rings is 1. The molecule has 2 nitrogen and oxygen atoms in total. The third kappa shape index (κ3) is 2.07. The minimum absolute atomic E-state index is 0.164. The third-order valence-corrected chi connectivity index (χ3v) is 3.64. The van der Waals surface area contributed by atoms with Crippen molar-refractivity contribution in [2.45, 2.75) is 19.8 Å². The third-order valence-electron chi connectivity index (χ3n) is 2.84. The van der Waals surface area contributed by atoms with Crippen LogP contribution >= 0.6 is 15.9 Å². The predicted molar refractivity (Wildman–Crippen MR) is 73.0 cm³/mol. The molecule has 0 saturated heterocycles. The summed E-state index contributed by atoms with van der Waals surface area (Å²) in [5, 5.41) is 3.40. The van der Waals surface area contributed by atoms with E-state index >= 15 is 0 Å². The Morgan fingerprint density at radius 2 is 1.89 bits per heavy atom. The number of halogens is 3. The molecule has 0 spiro atoms. The molecule has 0 saturated carbocycles. The Morgan fingerprint density at radius 3 is 2.44 bits per heavy atom. The van der Waals surface area contributed by atoms with Crippen molar-refractivity contribution in [3.8, 4) is 0 Å². The molecule has 0 bridgehead atoms. The Labute approximate surface area is 113 Å². The molecule has 2 aromatic rings. The maximum absolute atomic E-state index is 13.7. The van der Waals surface area contributed by atoms with Gasteiger partial charge in [-0.1, -0.05) is 13.8 Å². The number of hydrogen-bond acceptors (Lipinski definition) is 2. The number of aromatic nitrogens is 1. The minimum atomic E-state index is -0.655. The minimum Gasteiger partial charge on any atom is -0.373 e. The molecule has 5 heteroatoms. The molecule has 0 aliphatic rings. The molecule has 18 heavy (non-hydrogen) atoms. The maximum Gasteiger partial charge on any atom is 0.152 e. The average molecular weight is 315 g/mol. The highest BCUT2D eigenvalue weighted by Gasteiger charge is 2.16. The van der Waals surface area contributed by atoms with Crippen molar-refractivity contribution >= 4 is 32.7 Å². The van der Waals surface area contributed by atoms with Crippen LogP contribution in [0.4, 0.5) is 14.6 Å². The second kappa shape index (κ2) is 4.80. The van der Waals surface area contributed by atoms with Crippen molar-refractivity contribution in [2.24, 2.45) is 0 Å². The first-order chi connectivity index (χ1) is 8.45. The molecule has 1 N–H and O–H groups in total. The second-order valence-electron chi connectivity index (χ2n) is 4.38. The van der Waals surface area contributed by atoms with E-state index in [-0.39, 0.29) is 15.9 Å². The lowest BCUT2D eigenvalue weighted by molar-refractivity contribution is 0.586. The van der Waals surface area contributed by atoms with E-state index in [9.17, 15) is 8.78 Å². The van der Waals surface area contributed by atoms with Gasteiger partial charge in [0.1, 0.15) is 17.2 Å². The van der Waals surface area contributed by atoms with Crippen LogP contribution in [0.2, 0.25) is 0 Å². The van der Waals surface area contributed by atoms with Crippen LogP contribution in [0.1, 0.15) is 25.3 Å². The van der Waals surface area contributed by atoms with Gasteiger partial charge >= 0.3 is 0 Å². The summed E-state index contributed by atoms with van der Waals surface area (Å²) in [5.41, 5.74) is 1.09. The Bertz CT molecular complexity index is 612. The van der Waals surface area contributed by atoms with Crippen LogP contribution in [0.15, 0.2) is 16.6 Å². The van der Waals surface area contributed by atoms with Crippen LogP contribution < -0.4 is 5.32 Å². The molecule has 0 radical (unpaired) electrons. The highest BCUT2D eigenvalue weighted by Crippen LogP contribution is 2.33. The van der Waals surface area contributed by atoms with Gasteiger partial charge in [-0.3, -0.25) is 0 Å². The van der Waals surface area contributed by atoms with Crippen molar-refractivity contribution in [3.63, 3.8) is 0 Å². The van der Waals surface area contributed by atoms with E-state index in [0.717, 1.165) is 11.6 Å². The predicted octanol–water partition coefficient (Wildman–Crippen LogP) is 4.44. The number of anilines is 1. The zero-order chi connectivity index (χ0) is 13.4. The van der Waals surface area contributed by atoms with Crippen LogP contribution in [0.3, 0.4) is 0 Å². The van der Waals surface area contributed by atoms with Crippen LogP contribution in [0, 0.1) is 11.6 Å². The van der Waals surface area contributed by atoms with Gasteiger partial charge < -0.3 is 5.32 Å². The number of nitrogens with one attached hydrogen (secondary N) is 1. The molecular weight excluding hydrogens is 302 g/mol. The van der Waals surface area contributed by atoms with Gasteiger partial charge in [-0.15, -0.1) is 0 Å². The van der Waals surface area contributed by atoms with Gasteiger partial charge in [-0.25, -0.2) is 13.8 Å². The molecule has 0 aliphatic carbocycles. The van der Waals surface area contributed by atoms with Crippen LogP contribution in [-0.2, 0) is 0 Å². The molecule has 0 unspecified atom stereocenters. The zero-order valence-corrected chi connectivity index (χ0v) is 11.9. The summed E-state index contributed by atoms with van der Waals surface area (Å²) in [6.07, 6.45) is 0. The summed E-state index contributed by atoms with van der Waals surface area (Å²) >= 11 is 3.14. The highest BCUT2D eigenvalue weighted by molar-refractivity contribution is 9.10. The fourth-order valence-corrected chi connectivity index (χ4v) is 2.31. The lowest BCUT2D eigenvalue weighted by Crippen LogP contribution is -2.02. The molecule has 1 heterocycles. The summed E-state index contributed by atoms with van der Waals surface area (Å²) in [4.78, 5) is 4.23. The fraction of sp³-hybridized carbons (Fsp3) is 0.308. The van der Waals surface area contributed by atoms with Crippen molar-refractivity contribution in [2.75, 3.05) is 12.4 Å². The summed E-state index contributed by atoms with van der Waals surface area (Å²) in [7, 11) is 1.73. The summed E-state index contributed by atoms with van der Waals surface area (Å²) < 4.78 is 27.5. The molecule has 96 valence electrons. The first-order valence-electron chi connectivity index (χ1n) is 5.61. The van der Waals surface area contributed by atoms with Crippen molar-refractivity contribution in [3.05, 3.63) is 33.8 Å². The van der Waals surface area contributed by atoms with E-state index in [1.54, 1.807) is 13.1 Å². The standard InChI is InChI=1S/C13H13BrF2N2/c1-6(2)7-4-8-11(14)9(15)5-10(16)12(8)18-13(7)17-3/h4-6H,1-3H3,(H,17,18). The quantitative estimate of drug-likeness (QED) is 0.829. The van der Waals surface area contributed by atoms with Gasteiger partial charge in [0.15, 0.2) is 5.82 Å². The maximum atomic E-state index is 13.7. The van der Waals surface area contributed by atoms with E-state index in [1.165, 1.54) is 0 Å². The van der Waals surface area contributed by atoms with Gasteiger partial charge in [-0.2, -0.15) is 0 Å². The van der Waals surface area contributed by atoms with E-state index in [4.69, 9.17) is 0 Å². The summed E-state index contributed by atoms with van der Waals surface area (Å²) in [6.45, 7) is 4.01. The van der Waals surface area contributed by atoms with Gasteiger partial charge in [0.05, 0.1) is 4.47 Å².